The smallest absolute Gasteiger partial charge is 0.268 e. The van der Waals surface area contributed by atoms with Gasteiger partial charge in [0.25, 0.3) is 5.79 Å². The average Bonchev–Trinajstić information content (AvgIpc) is 3.11. The first kappa shape index (κ1) is 17.6. The van der Waals surface area contributed by atoms with Gasteiger partial charge in [-0.2, -0.15) is 0 Å². The average molecular weight is 364 g/mol. The van der Waals surface area contributed by atoms with Crippen LogP contribution < -0.4 is 5.32 Å². The molecule has 3 aromatic carbocycles. The van der Waals surface area contributed by atoms with Crippen molar-refractivity contribution in [2.24, 2.45) is 5.16 Å². The number of halogens is 1. The van der Waals surface area contributed by atoms with Crippen molar-refractivity contribution in [2.75, 3.05) is 6.67 Å². The molecule has 0 amide bonds. The molecule has 138 valence electrons. The zero-order valence-corrected chi connectivity index (χ0v) is 14.9. The van der Waals surface area contributed by atoms with Crippen LogP contribution in [0.25, 0.3) is 10.8 Å². The summed E-state index contributed by atoms with van der Waals surface area (Å²) >= 11 is 0. The van der Waals surface area contributed by atoms with Gasteiger partial charge in [0.1, 0.15) is 0 Å². The van der Waals surface area contributed by atoms with Gasteiger partial charge in [-0.3, -0.25) is 0 Å². The second kappa shape index (κ2) is 7.47. The van der Waals surface area contributed by atoms with Crippen LogP contribution in [0.15, 0.2) is 71.9 Å². The third-order valence-corrected chi connectivity index (χ3v) is 4.71. The Labute approximate surface area is 157 Å². The molecule has 4 rings (SSSR count). The molecule has 0 radical (unpaired) electrons. The fraction of sp³-hybridized carbons (Fsp3) is 0.227. The van der Waals surface area contributed by atoms with E-state index >= 15 is 0 Å². The summed E-state index contributed by atoms with van der Waals surface area (Å²) in [5, 5.41) is 19.6. The van der Waals surface area contributed by atoms with Gasteiger partial charge < -0.3 is 15.3 Å². The fourth-order valence-electron chi connectivity index (χ4n) is 3.25. The fourth-order valence-corrected chi connectivity index (χ4v) is 3.25. The Morgan fingerprint density at radius 3 is 2.52 bits per heavy atom. The Morgan fingerprint density at radius 2 is 1.74 bits per heavy atom. The van der Waals surface area contributed by atoms with E-state index in [1.807, 2.05) is 36.4 Å². The molecule has 1 unspecified atom stereocenters. The van der Waals surface area contributed by atoms with Crippen molar-refractivity contribution >= 4 is 16.5 Å². The van der Waals surface area contributed by atoms with Gasteiger partial charge >= 0.3 is 0 Å². The number of nitrogens with one attached hydrogen (secondary N) is 1. The van der Waals surface area contributed by atoms with Crippen molar-refractivity contribution in [3.8, 4) is 0 Å². The molecule has 0 aromatic heterocycles. The molecule has 1 aliphatic rings. The third kappa shape index (κ3) is 3.99. The van der Waals surface area contributed by atoms with Crippen LogP contribution in [0, 0.1) is 0 Å². The third-order valence-electron chi connectivity index (χ3n) is 4.71. The van der Waals surface area contributed by atoms with E-state index in [4.69, 9.17) is 4.84 Å². The van der Waals surface area contributed by atoms with Crippen LogP contribution in [0.2, 0.25) is 0 Å². The molecule has 3 aromatic rings. The summed E-state index contributed by atoms with van der Waals surface area (Å²) in [6.45, 7) is 0.482. The van der Waals surface area contributed by atoms with Gasteiger partial charge in [0, 0.05) is 13.1 Å². The highest BCUT2D eigenvalue weighted by atomic mass is 19.1. The number of nitrogens with zero attached hydrogens (tertiary/aromatic N) is 1. The molecular weight excluding hydrogens is 343 g/mol. The van der Waals surface area contributed by atoms with Crippen LogP contribution in [0.4, 0.5) is 4.39 Å². The van der Waals surface area contributed by atoms with Gasteiger partial charge in [-0.05, 0) is 39.6 Å². The predicted octanol–water partition coefficient (Wildman–Crippen LogP) is 3.91. The molecule has 0 aliphatic carbocycles. The summed E-state index contributed by atoms with van der Waals surface area (Å²) < 4.78 is 12.8. The normalized spacial score (nSPS) is 19.1. The van der Waals surface area contributed by atoms with Gasteiger partial charge in [0.15, 0.2) is 6.67 Å². The Bertz CT molecular complexity index is 989. The van der Waals surface area contributed by atoms with E-state index in [0.717, 1.165) is 17.7 Å². The minimum atomic E-state index is -1.82. The largest absolute Gasteiger partial charge is 0.357 e. The van der Waals surface area contributed by atoms with Gasteiger partial charge in [0.05, 0.1) is 12.1 Å². The van der Waals surface area contributed by atoms with Crippen molar-refractivity contribution in [1.29, 1.82) is 0 Å². The lowest BCUT2D eigenvalue weighted by molar-refractivity contribution is -0.193. The Hall–Kier alpha value is -2.76. The standard InChI is InChI=1S/C22H21FN2O2/c23-15-22(26)12-21(25-27-22)20-7-3-4-16(11-20)13-24-14-17-8-9-18-5-1-2-6-19(18)10-17/h1-11,24,26H,12-15H2. The van der Waals surface area contributed by atoms with Gasteiger partial charge in [0.2, 0.25) is 0 Å². The maximum atomic E-state index is 12.8. The molecule has 1 aliphatic heterocycles. The quantitative estimate of drug-likeness (QED) is 0.697. The van der Waals surface area contributed by atoms with Crippen molar-refractivity contribution in [3.63, 3.8) is 0 Å². The molecule has 27 heavy (non-hydrogen) atoms. The first-order valence-electron chi connectivity index (χ1n) is 8.96. The Balaban J connectivity index is 1.38. The zero-order chi connectivity index (χ0) is 18.7. The van der Waals surface area contributed by atoms with Crippen molar-refractivity contribution in [2.45, 2.75) is 25.3 Å². The van der Waals surface area contributed by atoms with Crippen molar-refractivity contribution in [1.82, 2.24) is 5.32 Å². The zero-order valence-electron chi connectivity index (χ0n) is 14.9. The van der Waals surface area contributed by atoms with E-state index in [9.17, 15) is 9.50 Å². The van der Waals surface area contributed by atoms with E-state index in [1.54, 1.807) is 0 Å². The number of oxime groups is 1. The van der Waals surface area contributed by atoms with Gasteiger partial charge in [-0.25, -0.2) is 4.39 Å². The minimum absolute atomic E-state index is 0.0530. The molecule has 0 saturated heterocycles. The lowest BCUT2D eigenvalue weighted by Gasteiger charge is -2.14. The number of fused-ring (bicyclic) bond motifs is 1. The summed E-state index contributed by atoms with van der Waals surface area (Å²) in [5.41, 5.74) is 3.72. The minimum Gasteiger partial charge on any atom is -0.357 e. The summed E-state index contributed by atoms with van der Waals surface area (Å²) in [4.78, 5) is 4.82. The molecule has 1 heterocycles. The van der Waals surface area contributed by atoms with Crippen LogP contribution in [-0.2, 0) is 17.9 Å². The number of hydrogen-bond acceptors (Lipinski definition) is 4. The van der Waals surface area contributed by atoms with Crippen molar-refractivity contribution in [3.05, 3.63) is 83.4 Å². The lowest BCUT2D eigenvalue weighted by Crippen LogP contribution is -2.31. The monoisotopic (exact) mass is 364 g/mol. The Morgan fingerprint density at radius 1 is 0.963 bits per heavy atom. The van der Waals surface area contributed by atoms with E-state index < -0.39 is 12.5 Å². The topological polar surface area (TPSA) is 53.8 Å². The molecule has 2 N–H and O–H groups in total. The van der Waals surface area contributed by atoms with Crippen molar-refractivity contribution < 1.29 is 14.3 Å². The summed E-state index contributed by atoms with van der Waals surface area (Å²) in [5.74, 6) is -1.82. The molecule has 0 bridgehead atoms. The van der Waals surface area contributed by atoms with Crippen LogP contribution in [0.5, 0.6) is 0 Å². The molecule has 4 nitrogen and oxygen atoms in total. The summed E-state index contributed by atoms with van der Waals surface area (Å²) in [7, 11) is 0. The summed E-state index contributed by atoms with van der Waals surface area (Å²) in [6, 6.07) is 22.6. The summed E-state index contributed by atoms with van der Waals surface area (Å²) in [6.07, 6.45) is 0.0530. The molecule has 1 atom stereocenters. The van der Waals surface area contributed by atoms with Crippen LogP contribution in [0.3, 0.4) is 0 Å². The molecule has 5 heteroatoms. The first-order chi connectivity index (χ1) is 13.1. The molecule has 0 spiro atoms. The van der Waals surface area contributed by atoms with Crippen LogP contribution >= 0.6 is 0 Å². The second-order valence-electron chi connectivity index (χ2n) is 6.87. The SMILES string of the molecule is OC1(CF)CC(c2cccc(CNCc3ccc4ccccc4c3)c2)=NO1. The first-order valence-corrected chi connectivity index (χ1v) is 8.96. The number of rotatable bonds is 6. The maximum absolute atomic E-state index is 12.8. The van der Waals surface area contributed by atoms with Crippen LogP contribution in [-0.4, -0.2) is 23.3 Å². The number of benzene rings is 3. The number of alkyl halides is 1. The predicted molar refractivity (Wildman–Crippen MR) is 104 cm³/mol. The highest BCUT2D eigenvalue weighted by Gasteiger charge is 2.37. The van der Waals surface area contributed by atoms with Crippen LogP contribution in [0.1, 0.15) is 23.1 Å². The highest BCUT2D eigenvalue weighted by molar-refractivity contribution is 6.01. The lowest BCUT2D eigenvalue weighted by atomic mass is 10.0. The van der Waals surface area contributed by atoms with E-state index in [-0.39, 0.29) is 6.42 Å². The maximum Gasteiger partial charge on any atom is 0.268 e. The van der Waals surface area contributed by atoms with E-state index in [0.29, 0.717) is 12.3 Å². The van der Waals surface area contributed by atoms with E-state index in [2.05, 4.69) is 40.8 Å². The highest BCUT2D eigenvalue weighted by Crippen LogP contribution is 2.25. The van der Waals surface area contributed by atoms with E-state index in [1.165, 1.54) is 16.3 Å². The molecule has 0 fully saturated rings. The van der Waals surface area contributed by atoms with Gasteiger partial charge in [-0.15, -0.1) is 0 Å². The second-order valence-corrected chi connectivity index (χ2v) is 6.87. The molecule has 0 saturated carbocycles. The van der Waals surface area contributed by atoms with Gasteiger partial charge in [-0.1, -0.05) is 59.8 Å². The number of aliphatic hydroxyl groups is 1. The molecular formula is C22H21FN2O2. The number of hydrogen-bond donors (Lipinski definition) is 2. The Kier molecular flexibility index (Phi) is 4.88.